The van der Waals surface area contributed by atoms with Gasteiger partial charge in [-0.05, 0) is 23.5 Å². The van der Waals surface area contributed by atoms with Crippen LogP contribution >= 0.6 is 0 Å². The van der Waals surface area contributed by atoms with Crippen LogP contribution in [0, 0.1) is 0 Å². The number of rotatable bonds is 2. The van der Waals surface area contributed by atoms with Crippen molar-refractivity contribution >= 4 is 5.52 Å². The van der Waals surface area contributed by atoms with Crippen molar-refractivity contribution in [3.8, 4) is 0 Å². The van der Waals surface area contributed by atoms with Gasteiger partial charge in [0.05, 0.1) is 11.7 Å². The maximum absolute atomic E-state index is 3.99. The molecule has 0 aliphatic rings. The smallest absolute Gasteiger partial charge is 0.0865 e. The molecule has 0 saturated heterocycles. The average Bonchev–Trinajstić information content (AvgIpc) is 2.64. The van der Waals surface area contributed by atoms with Crippen LogP contribution in [0.5, 0.6) is 0 Å². The van der Waals surface area contributed by atoms with Crippen LogP contribution < -0.4 is 0 Å². The molecule has 2 heterocycles. The second-order valence-electron chi connectivity index (χ2n) is 4.26. The lowest BCUT2D eigenvalue weighted by Crippen LogP contribution is -2.16. The minimum absolute atomic E-state index is 0.208. The quantitative estimate of drug-likeness (QED) is 0.726. The second kappa shape index (κ2) is 3.08. The lowest BCUT2D eigenvalue weighted by atomic mass is 9.83. The largest absolute Gasteiger partial charge is 0.220 e. The lowest BCUT2D eigenvalue weighted by Gasteiger charge is -2.22. The van der Waals surface area contributed by atoms with E-state index in [4.69, 9.17) is 0 Å². The third kappa shape index (κ3) is 1.39. The predicted octanol–water partition coefficient (Wildman–Crippen LogP) is 2.42. The van der Waals surface area contributed by atoms with E-state index in [0.717, 1.165) is 11.9 Å². The molecule has 74 valence electrons. The van der Waals surface area contributed by atoms with Crippen LogP contribution in [0.2, 0.25) is 0 Å². The van der Waals surface area contributed by atoms with E-state index in [-0.39, 0.29) is 5.41 Å². The fourth-order valence-electron chi connectivity index (χ4n) is 1.43. The number of hydrogen-bond acceptors (Lipinski definition) is 2. The van der Waals surface area contributed by atoms with Crippen molar-refractivity contribution in [2.75, 3.05) is 0 Å². The molecular weight excluding hydrogens is 174 g/mol. The number of fused-ring (bicyclic) bond motifs is 1. The number of hydrogen-bond donors (Lipinski definition) is 0. The van der Waals surface area contributed by atoms with E-state index in [9.17, 15) is 0 Å². The minimum Gasteiger partial charge on any atom is -0.220 e. The molecule has 2 rings (SSSR count). The van der Waals surface area contributed by atoms with Gasteiger partial charge in [0.15, 0.2) is 0 Å². The molecule has 0 aliphatic carbocycles. The number of pyridine rings is 1. The zero-order chi connectivity index (χ0) is 10.2. The molecule has 0 aromatic carbocycles. The van der Waals surface area contributed by atoms with E-state index in [1.54, 1.807) is 6.20 Å². The van der Waals surface area contributed by atoms with Gasteiger partial charge in [-0.1, -0.05) is 32.1 Å². The number of nitrogens with zero attached hydrogens (tertiary/aromatic N) is 3. The zero-order valence-electron chi connectivity index (χ0n) is 8.86. The van der Waals surface area contributed by atoms with Crippen molar-refractivity contribution in [1.29, 1.82) is 0 Å². The molecule has 2 aromatic heterocycles. The molecule has 0 unspecified atom stereocenters. The molecule has 3 heteroatoms. The van der Waals surface area contributed by atoms with Crippen LogP contribution in [0.4, 0.5) is 0 Å². The predicted molar refractivity (Wildman–Crippen MR) is 56.3 cm³/mol. The summed E-state index contributed by atoms with van der Waals surface area (Å²) in [6.45, 7) is 6.68. The maximum atomic E-state index is 3.99. The summed E-state index contributed by atoms with van der Waals surface area (Å²) in [6.07, 6.45) is 4.95. The monoisotopic (exact) mass is 189 g/mol. The van der Waals surface area contributed by atoms with Gasteiger partial charge in [-0.3, -0.25) is 0 Å². The Morgan fingerprint density at radius 2 is 2.14 bits per heavy atom. The van der Waals surface area contributed by atoms with E-state index in [2.05, 4.69) is 49.4 Å². The standard InChI is InChI=1S/C11H15N3/c1-4-11(2,3)9-5-6-10-7-12-13-14(10)8-9/h5-8H,4H2,1-3H3. The lowest BCUT2D eigenvalue weighted by molar-refractivity contribution is 0.502. The highest BCUT2D eigenvalue weighted by atomic mass is 15.4. The summed E-state index contributed by atoms with van der Waals surface area (Å²) in [5.41, 5.74) is 2.55. The Morgan fingerprint density at radius 1 is 1.36 bits per heavy atom. The summed E-state index contributed by atoms with van der Waals surface area (Å²) < 4.78 is 1.83. The second-order valence-corrected chi connectivity index (χ2v) is 4.26. The molecule has 0 atom stereocenters. The first-order chi connectivity index (χ1) is 6.63. The number of aromatic nitrogens is 3. The Labute approximate surface area is 83.8 Å². The van der Waals surface area contributed by atoms with Crippen molar-refractivity contribution in [2.45, 2.75) is 32.6 Å². The zero-order valence-corrected chi connectivity index (χ0v) is 8.86. The van der Waals surface area contributed by atoms with Gasteiger partial charge >= 0.3 is 0 Å². The van der Waals surface area contributed by atoms with Crippen LogP contribution in [0.25, 0.3) is 5.52 Å². The van der Waals surface area contributed by atoms with Crippen LogP contribution in [-0.2, 0) is 5.41 Å². The van der Waals surface area contributed by atoms with Gasteiger partial charge in [0.1, 0.15) is 0 Å². The Balaban J connectivity index is 2.53. The first-order valence-electron chi connectivity index (χ1n) is 4.94. The minimum atomic E-state index is 0.208. The highest BCUT2D eigenvalue weighted by Crippen LogP contribution is 2.26. The fraction of sp³-hybridized carbons (Fsp3) is 0.455. The summed E-state index contributed by atoms with van der Waals surface area (Å²) in [7, 11) is 0. The molecular formula is C11H15N3. The highest BCUT2D eigenvalue weighted by Gasteiger charge is 2.18. The molecule has 2 aromatic rings. The highest BCUT2D eigenvalue weighted by molar-refractivity contribution is 5.44. The average molecular weight is 189 g/mol. The summed E-state index contributed by atoms with van der Waals surface area (Å²) in [4.78, 5) is 0. The van der Waals surface area contributed by atoms with Gasteiger partial charge in [0, 0.05) is 6.20 Å². The van der Waals surface area contributed by atoms with Crippen LogP contribution in [0.15, 0.2) is 24.5 Å². The topological polar surface area (TPSA) is 30.2 Å². The van der Waals surface area contributed by atoms with Gasteiger partial charge in [-0.25, -0.2) is 4.52 Å². The SMILES string of the molecule is CCC(C)(C)c1ccc2cnnn2c1. The summed E-state index contributed by atoms with van der Waals surface area (Å²) >= 11 is 0. The van der Waals surface area contributed by atoms with E-state index < -0.39 is 0 Å². The summed E-state index contributed by atoms with van der Waals surface area (Å²) in [5.74, 6) is 0. The first kappa shape index (κ1) is 9.19. The molecule has 0 amide bonds. The third-order valence-electron chi connectivity index (χ3n) is 2.96. The molecule has 3 nitrogen and oxygen atoms in total. The Bertz CT molecular complexity index is 442. The third-order valence-corrected chi connectivity index (χ3v) is 2.96. The normalized spacial score (nSPS) is 12.2. The van der Waals surface area contributed by atoms with Crippen molar-refractivity contribution in [2.24, 2.45) is 0 Å². The van der Waals surface area contributed by atoms with Crippen LogP contribution in [0.3, 0.4) is 0 Å². The summed E-state index contributed by atoms with van der Waals surface area (Å²) in [5, 5.41) is 7.86. The van der Waals surface area contributed by atoms with Crippen molar-refractivity contribution < 1.29 is 0 Å². The fourth-order valence-corrected chi connectivity index (χ4v) is 1.43. The van der Waals surface area contributed by atoms with Gasteiger partial charge in [-0.2, -0.15) is 0 Å². The molecule has 0 spiro atoms. The molecule has 0 saturated carbocycles. The van der Waals surface area contributed by atoms with Crippen LogP contribution in [0.1, 0.15) is 32.8 Å². The Kier molecular flexibility index (Phi) is 2.02. The van der Waals surface area contributed by atoms with Gasteiger partial charge in [0.25, 0.3) is 0 Å². The summed E-state index contributed by atoms with van der Waals surface area (Å²) in [6, 6.07) is 4.22. The van der Waals surface area contributed by atoms with E-state index in [1.165, 1.54) is 5.56 Å². The molecule has 0 N–H and O–H groups in total. The molecule has 0 aliphatic heterocycles. The molecule has 0 bridgehead atoms. The molecule has 14 heavy (non-hydrogen) atoms. The van der Waals surface area contributed by atoms with Crippen LogP contribution in [-0.4, -0.2) is 14.8 Å². The van der Waals surface area contributed by atoms with E-state index in [0.29, 0.717) is 0 Å². The first-order valence-corrected chi connectivity index (χ1v) is 4.94. The Morgan fingerprint density at radius 3 is 2.86 bits per heavy atom. The molecule has 0 radical (unpaired) electrons. The van der Waals surface area contributed by atoms with Crippen molar-refractivity contribution in [3.63, 3.8) is 0 Å². The Hall–Kier alpha value is -1.38. The van der Waals surface area contributed by atoms with E-state index >= 15 is 0 Å². The van der Waals surface area contributed by atoms with Gasteiger partial charge in [-0.15, -0.1) is 5.10 Å². The maximum Gasteiger partial charge on any atom is 0.0865 e. The van der Waals surface area contributed by atoms with Crippen molar-refractivity contribution in [3.05, 3.63) is 30.1 Å². The van der Waals surface area contributed by atoms with Crippen molar-refractivity contribution in [1.82, 2.24) is 14.8 Å². The molecule has 0 fully saturated rings. The van der Waals surface area contributed by atoms with Gasteiger partial charge in [0.2, 0.25) is 0 Å². The van der Waals surface area contributed by atoms with E-state index in [1.807, 2.05) is 4.52 Å². The van der Waals surface area contributed by atoms with Gasteiger partial charge < -0.3 is 0 Å².